The number of carboxylic acids is 1. The SMILES string of the molecule is CCC[C@H](NC(=O)[C@H](CC(C)C)NC(=O)[C@H](CO)NC(C)=O)C(=O)O. The van der Waals surface area contributed by atoms with Crippen LogP contribution in [0.5, 0.6) is 0 Å². The van der Waals surface area contributed by atoms with Gasteiger partial charge < -0.3 is 26.2 Å². The number of hydrogen-bond donors (Lipinski definition) is 5. The molecular weight excluding hydrogens is 330 g/mol. The van der Waals surface area contributed by atoms with E-state index in [-0.39, 0.29) is 18.8 Å². The van der Waals surface area contributed by atoms with Crippen LogP contribution in [0.25, 0.3) is 0 Å². The smallest absolute Gasteiger partial charge is 0.326 e. The topological polar surface area (TPSA) is 145 Å². The van der Waals surface area contributed by atoms with Gasteiger partial charge in [-0.1, -0.05) is 27.2 Å². The lowest BCUT2D eigenvalue weighted by atomic mass is 10.0. The van der Waals surface area contributed by atoms with Crippen LogP contribution in [0, 0.1) is 5.92 Å². The summed E-state index contributed by atoms with van der Waals surface area (Å²) in [4.78, 5) is 46.8. The molecule has 0 aromatic rings. The number of nitrogens with one attached hydrogen (secondary N) is 3. The lowest BCUT2D eigenvalue weighted by molar-refractivity contribution is -0.142. The van der Waals surface area contributed by atoms with Crippen molar-refractivity contribution in [3.05, 3.63) is 0 Å². The van der Waals surface area contributed by atoms with Gasteiger partial charge in [0.1, 0.15) is 18.1 Å². The minimum absolute atomic E-state index is 0.0545. The average molecular weight is 359 g/mol. The second-order valence-electron chi connectivity index (χ2n) is 6.31. The van der Waals surface area contributed by atoms with Crippen molar-refractivity contribution < 1.29 is 29.4 Å². The van der Waals surface area contributed by atoms with E-state index in [1.807, 2.05) is 13.8 Å². The molecular formula is C16H29N3O6. The zero-order valence-electron chi connectivity index (χ0n) is 15.2. The number of aliphatic hydroxyl groups excluding tert-OH is 1. The largest absolute Gasteiger partial charge is 0.480 e. The second kappa shape index (κ2) is 11.4. The molecule has 0 aromatic carbocycles. The van der Waals surface area contributed by atoms with Crippen molar-refractivity contribution in [2.24, 2.45) is 5.92 Å². The first-order valence-corrected chi connectivity index (χ1v) is 8.33. The molecule has 0 saturated heterocycles. The molecule has 144 valence electrons. The Morgan fingerprint density at radius 2 is 1.44 bits per heavy atom. The molecule has 0 fully saturated rings. The molecule has 0 aliphatic rings. The molecule has 3 atom stereocenters. The molecule has 5 N–H and O–H groups in total. The van der Waals surface area contributed by atoms with Crippen molar-refractivity contribution in [3.8, 4) is 0 Å². The lowest BCUT2D eigenvalue weighted by Crippen LogP contribution is -2.56. The average Bonchev–Trinajstić information content (AvgIpc) is 2.50. The maximum atomic E-state index is 12.4. The quantitative estimate of drug-likeness (QED) is 0.333. The van der Waals surface area contributed by atoms with Crippen molar-refractivity contribution in [1.29, 1.82) is 0 Å². The van der Waals surface area contributed by atoms with Gasteiger partial charge in [-0.25, -0.2) is 4.79 Å². The molecule has 0 aliphatic carbocycles. The van der Waals surface area contributed by atoms with Gasteiger partial charge in [-0.3, -0.25) is 14.4 Å². The normalized spacial score (nSPS) is 14.3. The number of carbonyl (C=O) groups is 4. The van der Waals surface area contributed by atoms with Gasteiger partial charge in [0.05, 0.1) is 6.61 Å². The highest BCUT2D eigenvalue weighted by molar-refractivity contribution is 5.93. The van der Waals surface area contributed by atoms with Crippen molar-refractivity contribution in [2.75, 3.05) is 6.61 Å². The van der Waals surface area contributed by atoms with E-state index < -0.39 is 48.4 Å². The summed E-state index contributed by atoms with van der Waals surface area (Å²) in [7, 11) is 0. The Kier molecular flexibility index (Phi) is 10.4. The highest BCUT2D eigenvalue weighted by atomic mass is 16.4. The van der Waals surface area contributed by atoms with Crippen LogP contribution in [0.15, 0.2) is 0 Å². The maximum Gasteiger partial charge on any atom is 0.326 e. The van der Waals surface area contributed by atoms with E-state index in [9.17, 15) is 24.3 Å². The molecule has 0 spiro atoms. The fourth-order valence-electron chi connectivity index (χ4n) is 2.23. The third-order valence-corrected chi connectivity index (χ3v) is 3.41. The predicted molar refractivity (Wildman–Crippen MR) is 90.6 cm³/mol. The van der Waals surface area contributed by atoms with Gasteiger partial charge in [0.2, 0.25) is 17.7 Å². The van der Waals surface area contributed by atoms with Gasteiger partial charge >= 0.3 is 5.97 Å². The molecule has 0 aliphatic heterocycles. The van der Waals surface area contributed by atoms with Crippen molar-refractivity contribution in [2.45, 2.75) is 65.1 Å². The van der Waals surface area contributed by atoms with Crippen LogP contribution in [-0.2, 0) is 19.2 Å². The van der Waals surface area contributed by atoms with Crippen molar-refractivity contribution in [1.82, 2.24) is 16.0 Å². The summed E-state index contributed by atoms with van der Waals surface area (Å²) in [5.74, 6) is -2.90. The van der Waals surface area contributed by atoms with Gasteiger partial charge in [-0.15, -0.1) is 0 Å². The van der Waals surface area contributed by atoms with E-state index in [2.05, 4.69) is 16.0 Å². The fraction of sp³-hybridized carbons (Fsp3) is 0.750. The first kappa shape index (κ1) is 22.8. The molecule has 0 radical (unpaired) electrons. The van der Waals surface area contributed by atoms with Crippen LogP contribution in [0.2, 0.25) is 0 Å². The molecule has 25 heavy (non-hydrogen) atoms. The second-order valence-corrected chi connectivity index (χ2v) is 6.31. The number of amides is 3. The van der Waals surface area contributed by atoms with Crippen LogP contribution in [0.1, 0.15) is 47.0 Å². The van der Waals surface area contributed by atoms with Crippen LogP contribution < -0.4 is 16.0 Å². The fourth-order valence-corrected chi connectivity index (χ4v) is 2.23. The summed E-state index contributed by atoms with van der Waals surface area (Å²) >= 11 is 0. The number of carbonyl (C=O) groups excluding carboxylic acids is 3. The standard InChI is InChI=1S/C16H29N3O6/c1-5-6-11(16(24)25)18-14(22)12(7-9(2)3)19-15(23)13(8-20)17-10(4)21/h9,11-13,20H,5-8H2,1-4H3,(H,17,21)(H,18,22)(H,19,23)(H,24,25)/t11-,12-,13-/m0/s1. The van der Waals surface area contributed by atoms with Gasteiger partial charge in [0, 0.05) is 6.92 Å². The Bertz CT molecular complexity index is 480. The van der Waals surface area contributed by atoms with Crippen molar-refractivity contribution >= 4 is 23.7 Å². The van der Waals surface area contributed by atoms with Crippen LogP contribution in [0.4, 0.5) is 0 Å². The summed E-state index contributed by atoms with van der Waals surface area (Å²) in [5, 5.41) is 25.5. The van der Waals surface area contributed by atoms with Gasteiger partial charge in [-0.2, -0.15) is 0 Å². The number of aliphatic hydroxyl groups is 1. The Balaban J connectivity index is 5.09. The van der Waals surface area contributed by atoms with E-state index in [0.29, 0.717) is 6.42 Å². The summed E-state index contributed by atoms with van der Waals surface area (Å²) in [6.45, 7) is 6.09. The Morgan fingerprint density at radius 3 is 1.84 bits per heavy atom. The minimum atomic E-state index is -1.18. The van der Waals surface area contributed by atoms with E-state index in [0.717, 1.165) is 0 Å². The van der Waals surface area contributed by atoms with Crippen LogP contribution in [-0.4, -0.2) is 58.6 Å². The predicted octanol–water partition coefficient (Wildman–Crippen LogP) is -0.616. The molecule has 9 nitrogen and oxygen atoms in total. The molecule has 9 heteroatoms. The Labute approximate surface area is 147 Å². The number of rotatable bonds is 11. The molecule has 0 bridgehead atoms. The van der Waals surface area contributed by atoms with Crippen LogP contribution in [0.3, 0.4) is 0 Å². The molecule has 0 heterocycles. The molecule has 3 amide bonds. The molecule has 0 rings (SSSR count). The Hall–Kier alpha value is -2.16. The zero-order valence-corrected chi connectivity index (χ0v) is 15.2. The van der Waals surface area contributed by atoms with Gasteiger partial charge in [0.15, 0.2) is 0 Å². The van der Waals surface area contributed by atoms with E-state index in [1.54, 1.807) is 6.92 Å². The first-order valence-electron chi connectivity index (χ1n) is 8.33. The Morgan fingerprint density at radius 1 is 0.920 bits per heavy atom. The molecule has 0 saturated carbocycles. The lowest BCUT2D eigenvalue weighted by Gasteiger charge is -2.24. The first-order chi connectivity index (χ1) is 11.6. The zero-order chi connectivity index (χ0) is 19.6. The van der Waals surface area contributed by atoms with Gasteiger partial charge in [0.25, 0.3) is 0 Å². The molecule has 0 aromatic heterocycles. The summed E-state index contributed by atoms with van der Waals surface area (Å²) < 4.78 is 0. The monoisotopic (exact) mass is 359 g/mol. The van der Waals surface area contributed by atoms with Crippen LogP contribution >= 0.6 is 0 Å². The summed E-state index contributed by atoms with van der Waals surface area (Å²) in [6, 6.07) is -3.17. The van der Waals surface area contributed by atoms with Gasteiger partial charge in [-0.05, 0) is 18.8 Å². The number of carboxylic acid groups (broad SMARTS) is 1. The third kappa shape index (κ3) is 9.04. The maximum absolute atomic E-state index is 12.4. The summed E-state index contributed by atoms with van der Waals surface area (Å²) in [6.07, 6.45) is 1.14. The number of aliphatic carboxylic acids is 1. The van der Waals surface area contributed by atoms with E-state index in [4.69, 9.17) is 5.11 Å². The van der Waals surface area contributed by atoms with E-state index in [1.165, 1.54) is 6.92 Å². The van der Waals surface area contributed by atoms with E-state index >= 15 is 0 Å². The number of hydrogen-bond acceptors (Lipinski definition) is 5. The highest BCUT2D eigenvalue weighted by Gasteiger charge is 2.29. The highest BCUT2D eigenvalue weighted by Crippen LogP contribution is 2.07. The third-order valence-electron chi connectivity index (χ3n) is 3.41. The van der Waals surface area contributed by atoms with Crippen molar-refractivity contribution in [3.63, 3.8) is 0 Å². The molecule has 0 unspecified atom stereocenters. The minimum Gasteiger partial charge on any atom is -0.480 e. The summed E-state index contributed by atoms with van der Waals surface area (Å²) in [5.41, 5.74) is 0.